The van der Waals surface area contributed by atoms with E-state index in [2.05, 4.69) is 75.5 Å². The standard InChI is InChI=1S/C22H34N6S.HI/c1-4-23-22(26(3)11-9-20-7-6-16-29-20)25-18-19-8-10-24-21(17-19)28-14-12-27(5-2)13-15-28;/h6-8,10,16-17H,4-5,9,11-15,18H2,1-3H3,(H,23,25);1H. The number of piperazine rings is 1. The van der Waals surface area contributed by atoms with Crippen LogP contribution in [0.15, 0.2) is 40.8 Å². The van der Waals surface area contributed by atoms with E-state index >= 15 is 0 Å². The number of likely N-dealkylation sites (N-methyl/N-ethyl adjacent to an activating group) is 2. The van der Waals surface area contributed by atoms with Gasteiger partial charge in [0.1, 0.15) is 5.82 Å². The summed E-state index contributed by atoms with van der Waals surface area (Å²) in [5.74, 6) is 2.03. The van der Waals surface area contributed by atoms with Gasteiger partial charge in [0.15, 0.2) is 5.96 Å². The molecule has 0 unspecified atom stereocenters. The SMILES string of the molecule is CCNC(=NCc1ccnc(N2CCN(CC)CC2)c1)N(C)CCc1cccs1.I. The molecular weight excluding hydrogens is 507 g/mol. The van der Waals surface area contributed by atoms with Crippen LogP contribution in [0.2, 0.25) is 0 Å². The first-order chi connectivity index (χ1) is 14.2. The van der Waals surface area contributed by atoms with Gasteiger partial charge in [0.2, 0.25) is 0 Å². The van der Waals surface area contributed by atoms with E-state index < -0.39 is 0 Å². The summed E-state index contributed by atoms with van der Waals surface area (Å²) in [6.45, 7) is 12.3. The summed E-state index contributed by atoms with van der Waals surface area (Å²) in [4.78, 5) is 18.0. The van der Waals surface area contributed by atoms with Gasteiger partial charge in [-0.1, -0.05) is 13.0 Å². The second kappa shape index (κ2) is 13.1. The van der Waals surface area contributed by atoms with E-state index in [-0.39, 0.29) is 24.0 Å². The van der Waals surface area contributed by atoms with E-state index in [0.717, 1.165) is 64.0 Å². The Kier molecular flexibility index (Phi) is 10.9. The minimum atomic E-state index is 0. The Bertz CT molecular complexity index is 759. The fourth-order valence-corrected chi connectivity index (χ4v) is 4.20. The van der Waals surface area contributed by atoms with E-state index in [1.807, 2.05) is 17.5 Å². The lowest BCUT2D eigenvalue weighted by atomic mass is 10.2. The number of pyridine rings is 1. The van der Waals surface area contributed by atoms with Gasteiger partial charge in [0, 0.05) is 57.4 Å². The summed E-state index contributed by atoms with van der Waals surface area (Å²) in [6.07, 6.45) is 2.96. The van der Waals surface area contributed by atoms with Crippen LogP contribution in [-0.4, -0.2) is 73.6 Å². The maximum absolute atomic E-state index is 4.88. The highest BCUT2D eigenvalue weighted by Crippen LogP contribution is 2.16. The van der Waals surface area contributed by atoms with Crippen LogP contribution in [0, 0.1) is 0 Å². The molecule has 3 heterocycles. The highest BCUT2D eigenvalue weighted by atomic mass is 127. The Morgan fingerprint density at radius 1 is 1.23 bits per heavy atom. The molecular formula is C22H35IN6S. The summed E-state index contributed by atoms with van der Waals surface area (Å²) in [6, 6.07) is 8.58. The predicted octanol–water partition coefficient (Wildman–Crippen LogP) is 3.54. The second-order valence-electron chi connectivity index (χ2n) is 7.36. The molecule has 1 saturated heterocycles. The molecule has 0 aliphatic carbocycles. The number of hydrogen-bond donors (Lipinski definition) is 1. The van der Waals surface area contributed by atoms with E-state index in [4.69, 9.17) is 4.99 Å². The average Bonchev–Trinajstić information content (AvgIpc) is 3.29. The maximum Gasteiger partial charge on any atom is 0.193 e. The third kappa shape index (κ3) is 7.39. The molecule has 2 aromatic rings. The van der Waals surface area contributed by atoms with Crippen LogP contribution in [0.1, 0.15) is 24.3 Å². The normalized spacial score (nSPS) is 15.0. The summed E-state index contributed by atoms with van der Waals surface area (Å²) >= 11 is 1.82. The molecule has 0 spiro atoms. The highest BCUT2D eigenvalue weighted by Gasteiger charge is 2.16. The zero-order valence-electron chi connectivity index (χ0n) is 18.4. The predicted molar refractivity (Wildman–Crippen MR) is 139 cm³/mol. The van der Waals surface area contributed by atoms with Gasteiger partial charge in [0.25, 0.3) is 0 Å². The monoisotopic (exact) mass is 542 g/mol. The lowest BCUT2D eigenvalue weighted by molar-refractivity contribution is 0.270. The van der Waals surface area contributed by atoms with E-state index in [1.54, 1.807) is 0 Å². The summed E-state index contributed by atoms with van der Waals surface area (Å²) in [5, 5.41) is 5.56. The molecule has 2 aromatic heterocycles. The molecule has 0 amide bonds. The van der Waals surface area contributed by atoms with Crippen LogP contribution in [0.25, 0.3) is 0 Å². The molecule has 0 atom stereocenters. The van der Waals surface area contributed by atoms with Crippen molar-refractivity contribution >= 4 is 47.1 Å². The molecule has 8 heteroatoms. The number of rotatable bonds is 8. The van der Waals surface area contributed by atoms with Crippen molar-refractivity contribution in [1.29, 1.82) is 0 Å². The third-order valence-corrected chi connectivity index (χ3v) is 6.27. The van der Waals surface area contributed by atoms with Gasteiger partial charge in [-0.05, 0) is 49.0 Å². The van der Waals surface area contributed by atoms with Gasteiger partial charge in [-0.2, -0.15) is 0 Å². The molecule has 0 bridgehead atoms. The van der Waals surface area contributed by atoms with Crippen LogP contribution in [0.5, 0.6) is 0 Å². The Labute approximate surface area is 202 Å². The van der Waals surface area contributed by atoms with Crippen molar-refractivity contribution in [3.8, 4) is 0 Å². The van der Waals surface area contributed by atoms with Crippen molar-refractivity contribution < 1.29 is 0 Å². The number of hydrogen-bond acceptors (Lipinski definition) is 5. The fourth-order valence-electron chi connectivity index (χ4n) is 3.50. The van der Waals surface area contributed by atoms with Crippen LogP contribution in [-0.2, 0) is 13.0 Å². The third-order valence-electron chi connectivity index (χ3n) is 5.33. The number of halogens is 1. The van der Waals surface area contributed by atoms with Gasteiger partial charge in [0.05, 0.1) is 6.54 Å². The number of nitrogens with zero attached hydrogens (tertiary/aromatic N) is 5. The molecule has 1 fully saturated rings. The number of anilines is 1. The molecule has 30 heavy (non-hydrogen) atoms. The molecule has 0 radical (unpaired) electrons. The molecule has 1 aliphatic heterocycles. The molecule has 166 valence electrons. The lowest BCUT2D eigenvalue weighted by Crippen LogP contribution is -2.46. The first kappa shape index (κ1) is 24.9. The van der Waals surface area contributed by atoms with Crippen molar-refractivity contribution in [2.24, 2.45) is 4.99 Å². The fraction of sp³-hybridized carbons (Fsp3) is 0.545. The minimum absolute atomic E-state index is 0. The molecule has 0 aromatic carbocycles. The molecule has 1 N–H and O–H groups in total. The number of guanidine groups is 1. The van der Waals surface area contributed by atoms with Gasteiger partial charge >= 0.3 is 0 Å². The number of aromatic nitrogens is 1. The van der Waals surface area contributed by atoms with E-state index in [1.165, 1.54) is 10.4 Å². The first-order valence-corrected chi connectivity index (χ1v) is 11.5. The smallest absolute Gasteiger partial charge is 0.193 e. The van der Waals surface area contributed by atoms with E-state index in [9.17, 15) is 0 Å². The average molecular weight is 543 g/mol. The minimum Gasteiger partial charge on any atom is -0.357 e. The highest BCUT2D eigenvalue weighted by molar-refractivity contribution is 14.0. The van der Waals surface area contributed by atoms with E-state index in [0.29, 0.717) is 6.54 Å². The quantitative estimate of drug-likeness (QED) is 0.314. The van der Waals surface area contributed by atoms with Gasteiger partial charge in [-0.25, -0.2) is 9.98 Å². The largest absolute Gasteiger partial charge is 0.357 e. The second-order valence-corrected chi connectivity index (χ2v) is 8.40. The Morgan fingerprint density at radius 2 is 2.03 bits per heavy atom. The summed E-state index contributed by atoms with van der Waals surface area (Å²) in [5.41, 5.74) is 1.20. The molecule has 0 saturated carbocycles. The molecule has 3 rings (SSSR count). The zero-order valence-corrected chi connectivity index (χ0v) is 21.5. The summed E-state index contributed by atoms with van der Waals surface area (Å²) in [7, 11) is 2.11. The first-order valence-electron chi connectivity index (χ1n) is 10.6. The topological polar surface area (TPSA) is 47.0 Å². The van der Waals surface area contributed by atoms with Gasteiger partial charge in [-0.15, -0.1) is 35.3 Å². The number of thiophene rings is 1. The van der Waals surface area contributed by atoms with Crippen LogP contribution < -0.4 is 10.2 Å². The van der Waals surface area contributed by atoms with Gasteiger partial charge in [-0.3, -0.25) is 0 Å². The Balaban J connectivity index is 0.00000320. The number of nitrogens with one attached hydrogen (secondary N) is 1. The van der Waals surface area contributed by atoms with Crippen LogP contribution >= 0.6 is 35.3 Å². The van der Waals surface area contributed by atoms with Crippen LogP contribution in [0.4, 0.5) is 5.82 Å². The number of aliphatic imine (C=N–C) groups is 1. The Morgan fingerprint density at radius 3 is 2.70 bits per heavy atom. The molecule has 1 aliphatic rings. The van der Waals surface area contributed by atoms with Gasteiger partial charge < -0.3 is 20.0 Å². The van der Waals surface area contributed by atoms with Crippen molar-refractivity contribution in [2.45, 2.75) is 26.8 Å². The Hall–Kier alpha value is -1.39. The molecule has 6 nitrogen and oxygen atoms in total. The van der Waals surface area contributed by atoms with Crippen molar-refractivity contribution in [3.63, 3.8) is 0 Å². The zero-order chi connectivity index (χ0) is 20.5. The summed E-state index contributed by atoms with van der Waals surface area (Å²) < 4.78 is 0. The lowest BCUT2D eigenvalue weighted by Gasteiger charge is -2.34. The van der Waals surface area contributed by atoms with Crippen molar-refractivity contribution in [1.82, 2.24) is 20.1 Å². The van der Waals surface area contributed by atoms with Crippen molar-refractivity contribution in [2.75, 3.05) is 57.8 Å². The maximum atomic E-state index is 4.88. The van der Waals surface area contributed by atoms with Crippen molar-refractivity contribution in [3.05, 3.63) is 46.3 Å². The van der Waals surface area contributed by atoms with Crippen LogP contribution in [0.3, 0.4) is 0 Å².